The van der Waals surface area contributed by atoms with Gasteiger partial charge in [-0.1, -0.05) is 26.0 Å². The van der Waals surface area contributed by atoms with Crippen molar-refractivity contribution in [2.45, 2.75) is 38.7 Å². The van der Waals surface area contributed by atoms with Crippen LogP contribution in [0.1, 0.15) is 37.6 Å². The van der Waals surface area contributed by atoms with Crippen LogP contribution < -0.4 is 10.3 Å². The van der Waals surface area contributed by atoms with Crippen LogP contribution in [0.25, 0.3) is 21.7 Å². The van der Waals surface area contributed by atoms with Crippen LogP contribution in [0.5, 0.6) is 5.88 Å². The molecule has 28 heavy (non-hydrogen) atoms. The van der Waals surface area contributed by atoms with Crippen LogP contribution in [0.2, 0.25) is 0 Å². The van der Waals surface area contributed by atoms with Crippen molar-refractivity contribution in [1.29, 1.82) is 0 Å². The van der Waals surface area contributed by atoms with E-state index in [1.165, 1.54) is 22.0 Å². The SMILES string of the molecule is CC.O=c1cc(-c2cnc(OC3CC(c4nc5ccccc5s4)C3)cn2)o[nH]1. The van der Waals surface area contributed by atoms with Crippen LogP contribution in [0, 0.1) is 0 Å². The van der Waals surface area contributed by atoms with Crippen LogP contribution in [0.3, 0.4) is 0 Å². The van der Waals surface area contributed by atoms with Gasteiger partial charge < -0.3 is 9.26 Å². The minimum atomic E-state index is -0.308. The molecule has 8 heteroatoms. The zero-order valence-electron chi connectivity index (χ0n) is 15.6. The van der Waals surface area contributed by atoms with E-state index < -0.39 is 0 Å². The first-order valence-electron chi connectivity index (χ1n) is 9.27. The fourth-order valence-electron chi connectivity index (χ4n) is 3.01. The molecule has 1 N–H and O–H groups in total. The summed E-state index contributed by atoms with van der Waals surface area (Å²) in [6.45, 7) is 4.00. The van der Waals surface area contributed by atoms with E-state index in [1.807, 2.05) is 32.0 Å². The Labute approximate surface area is 165 Å². The molecule has 0 atom stereocenters. The van der Waals surface area contributed by atoms with E-state index in [9.17, 15) is 4.79 Å². The van der Waals surface area contributed by atoms with Gasteiger partial charge in [0.2, 0.25) is 5.88 Å². The Morgan fingerprint density at radius 3 is 2.68 bits per heavy atom. The zero-order chi connectivity index (χ0) is 19.5. The minimum Gasteiger partial charge on any atom is -0.473 e. The van der Waals surface area contributed by atoms with E-state index in [-0.39, 0.29) is 11.7 Å². The Morgan fingerprint density at radius 1 is 1.18 bits per heavy atom. The third-order valence-electron chi connectivity index (χ3n) is 4.45. The summed E-state index contributed by atoms with van der Waals surface area (Å²) in [5, 5.41) is 3.40. The molecule has 0 unspecified atom stereocenters. The summed E-state index contributed by atoms with van der Waals surface area (Å²) in [5.74, 6) is 1.27. The number of para-hydroxylation sites is 1. The maximum Gasteiger partial charge on any atom is 0.280 e. The van der Waals surface area contributed by atoms with Gasteiger partial charge in [-0.2, -0.15) is 5.16 Å². The largest absolute Gasteiger partial charge is 0.473 e. The highest BCUT2D eigenvalue weighted by molar-refractivity contribution is 7.18. The fourth-order valence-corrected chi connectivity index (χ4v) is 4.11. The number of fused-ring (bicyclic) bond motifs is 1. The smallest absolute Gasteiger partial charge is 0.280 e. The molecule has 0 spiro atoms. The molecular formula is C20H20N4O3S. The molecule has 3 aromatic heterocycles. The molecule has 1 fully saturated rings. The van der Waals surface area contributed by atoms with Gasteiger partial charge in [0.1, 0.15) is 11.8 Å². The highest BCUT2D eigenvalue weighted by atomic mass is 32.1. The normalized spacial score (nSPS) is 18.2. The molecule has 0 aliphatic heterocycles. The number of H-pyrrole nitrogens is 1. The van der Waals surface area contributed by atoms with Crippen molar-refractivity contribution in [3.05, 3.63) is 58.1 Å². The summed E-state index contributed by atoms with van der Waals surface area (Å²) in [4.78, 5) is 24.3. The van der Waals surface area contributed by atoms with E-state index in [4.69, 9.17) is 14.2 Å². The monoisotopic (exact) mass is 396 g/mol. The van der Waals surface area contributed by atoms with Crippen molar-refractivity contribution in [3.63, 3.8) is 0 Å². The van der Waals surface area contributed by atoms with Gasteiger partial charge in [-0.15, -0.1) is 11.3 Å². The van der Waals surface area contributed by atoms with Gasteiger partial charge >= 0.3 is 0 Å². The van der Waals surface area contributed by atoms with Gasteiger partial charge in [0.25, 0.3) is 5.56 Å². The molecule has 0 saturated heterocycles. The fraction of sp³-hybridized carbons (Fsp3) is 0.300. The Balaban J connectivity index is 0.000000932. The van der Waals surface area contributed by atoms with Crippen LogP contribution in [0.4, 0.5) is 0 Å². The van der Waals surface area contributed by atoms with Gasteiger partial charge in [-0.25, -0.2) is 15.0 Å². The lowest BCUT2D eigenvalue weighted by atomic mass is 9.83. The first-order valence-corrected chi connectivity index (χ1v) is 10.1. The second-order valence-corrected chi connectivity index (χ2v) is 7.31. The van der Waals surface area contributed by atoms with E-state index in [2.05, 4.69) is 21.2 Å². The molecule has 3 heterocycles. The number of rotatable bonds is 4. The number of ether oxygens (including phenoxy) is 1. The predicted octanol–water partition coefficient (Wildman–Crippen LogP) is 4.39. The van der Waals surface area contributed by atoms with E-state index >= 15 is 0 Å². The average molecular weight is 396 g/mol. The van der Waals surface area contributed by atoms with Crippen LogP contribution in [-0.4, -0.2) is 26.2 Å². The lowest BCUT2D eigenvalue weighted by molar-refractivity contribution is 0.0931. The maximum absolute atomic E-state index is 11.1. The average Bonchev–Trinajstić information content (AvgIpc) is 3.32. The van der Waals surface area contributed by atoms with Gasteiger partial charge in [-0.3, -0.25) is 4.79 Å². The summed E-state index contributed by atoms with van der Waals surface area (Å²) in [7, 11) is 0. The van der Waals surface area contributed by atoms with Crippen molar-refractivity contribution >= 4 is 21.6 Å². The number of aromatic amines is 1. The summed E-state index contributed by atoms with van der Waals surface area (Å²) in [6, 6.07) is 9.54. The number of benzene rings is 1. The van der Waals surface area contributed by atoms with Gasteiger partial charge in [0.05, 0.1) is 33.7 Å². The lowest BCUT2D eigenvalue weighted by Crippen LogP contribution is -2.32. The molecule has 1 aliphatic carbocycles. The van der Waals surface area contributed by atoms with E-state index in [0.29, 0.717) is 23.3 Å². The molecular weight excluding hydrogens is 376 g/mol. The number of thiazole rings is 1. The standard InChI is InChI=1S/C18H14N4O3S.C2H6/c23-16-7-14(25-22-16)13-8-20-17(9-19-13)24-11-5-10(6-11)18-21-12-3-1-2-4-15(12)26-18;1-2/h1-4,7-11H,5-6H2,(H,22,23);1-2H3. The second-order valence-electron chi connectivity index (χ2n) is 6.24. The van der Waals surface area contributed by atoms with E-state index in [0.717, 1.165) is 18.4 Å². The quantitative estimate of drug-likeness (QED) is 0.550. The highest BCUT2D eigenvalue weighted by Gasteiger charge is 2.34. The number of hydrogen-bond acceptors (Lipinski definition) is 7. The third-order valence-corrected chi connectivity index (χ3v) is 5.65. The predicted molar refractivity (Wildman–Crippen MR) is 108 cm³/mol. The molecule has 1 aliphatic rings. The van der Waals surface area contributed by atoms with Crippen LogP contribution >= 0.6 is 11.3 Å². The minimum absolute atomic E-state index is 0.123. The summed E-state index contributed by atoms with van der Waals surface area (Å²) >= 11 is 1.76. The van der Waals surface area contributed by atoms with Gasteiger partial charge in [-0.05, 0) is 25.0 Å². The third kappa shape index (κ3) is 3.68. The molecule has 0 radical (unpaired) electrons. The summed E-state index contributed by atoms with van der Waals surface area (Å²) in [6.07, 6.45) is 5.06. The lowest BCUT2D eigenvalue weighted by Gasteiger charge is -2.33. The van der Waals surface area contributed by atoms with Crippen LogP contribution in [0.15, 0.2) is 52.0 Å². The molecule has 144 valence electrons. The summed E-state index contributed by atoms with van der Waals surface area (Å²) in [5.41, 5.74) is 1.24. The van der Waals surface area contributed by atoms with Crippen molar-refractivity contribution in [3.8, 4) is 17.3 Å². The first-order chi connectivity index (χ1) is 13.7. The Hall–Kier alpha value is -3.00. The zero-order valence-corrected chi connectivity index (χ0v) is 16.4. The van der Waals surface area contributed by atoms with Crippen molar-refractivity contribution in [2.24, 2.45) is 0 Å². The van der Waals surface area contributed by atoms with Crippen molar-refractivity contribution in [2.75, 3.05) is 0 Å². The Morgan fingerprint density at radius 2 is 2.00 bits per heavy atom. The van der Waals surface area contributed by atoms with Gasteiger partial charge in [0, 0.05) is 5.92 Å². The number of nitrogens with one attached hydrogen (secondary N) is 1. The molecule has 0 amide bonds. The van der Waals surface area contributed by atoms with Crippen molar-refractivity contribution in [1.82, 2.24) is 20.1 Å². The molecule has 7 nitrogen and oxygen atoms in total. The van der Waals surface area contributed by atoms with Crippen molar-refractivity contribution < 1.29 is 9.26 Å². The molecule has 0 bridgehead atoms. The van der Waals surface area contributed by atoms with Crippen LogP contribution in [-0.2, 0) is 0 Å². The molecule has 1 saturated carbocycles. The number of hydrogen-bond donors (Lipinski definition) is 1. The first kappa shape index (κ1) is 18.4. The van der Waals surface area contributed by atoms with E-state index in [1.54, 1.807) is 17.5 Å². The topological polar surface area (TPSA) is 93.9 Å². The molecule has 4 aromatic rings. The molecule has 5 rings (SSSR count). The summed E-state index contributed by atoms with van der Waals surface area (Å²) < 4.78 is 12.1. The highest BCUT2D eigenvalue weighted by Crippen LogP contribution is 2.41. The Bertz CT molecular complexity index is 1080. The number of aromatic nitrogens is 4. The molecule has 1 aromatic carbocycles. The van der Waals surface area contributed by atoms with Gasteiger partial charge in [0.15, 0.2) is 5.76 Å². The maximum atomic E-state index is 11.1. The second kappa shape index (κ2) is 7.93. The number of nitrogens with zero attached hydrogens (tertiary/aromatic N) is 3. The Kier molecular flexibility index (Phi) is 5.21.